The van der Waals surface area contributed by atoms with E-state index in [4.69, 9.17) is 10.7 Å². The van der Waals surface area contributed by atoms with Gasteiger partial charge in [0.2, 0.25) is 0 Å². The van der Waals surface area contributed by atoms with Crippen LogP contribution in [0.2, 0.25) is 0 Å². The molecule has 0 aliphatic heterocycles. The first-order chi connectivity index (χ1) is 9.49. The van der Waals surface area contributed by atoms with Gasteiger partial charge in [-0.3, -0.25) is 4.79 Å². The molecule has 0 saturated carbocycles. The van der Waals surface area contributed by atoms with Crippen molar-refractivity contribution >= 4 is 33.1 Å². The van der Waals surface area contributed by atoms with Gasteiger partial charge in [-0.15, -0.1) is 11.3 Å². The molecular formula is C15H19N3OS. The van der Waals surface area contributed by atoms with Crippen LogP contribution in [0.3, 0.4) is 0 Å². The predicted molar refractivity (Wildman–Crippen MR) is 83.3 cm³/mol. The number of rotatable bonds is 2. The Balaban J connectivity index is 2.10. The van der Waals surface area contributed by atoms with Crippen molar-refractivity contribution in [3.05, 3.63) is 22.2 Å². The molecule has 0 aromatic carbocycles. The van der Waals surface area contributed by atoms with Gasteiger partial charge in [-0.25, -0.2) is 4.98 Å². The summed E-state index contributed by atoms with van der Waals surface area (Å²) in [5.41, 5.74) is 9.25. The van der Waals surface area contributed by atoms with Crippen LogP contribution in [0, 0.1) is 0 Å². The van der Waals surface area contributed by atoms with Crippen molar-refractivity contribution in [2.75, 3.05) is 12.8 Å². The number of aryl methyl sites for hydroxylation is 2. The van der Waals surface area contributed by atoms with E-state index in [1.165, 1.54) is 29.0 Å². The van der Waals surface area contributed by atoms with Crippen LogP contribution in [0.1, 0.15) is 41.2 Å². The van der Waals surface area contributed by atoms with Crippen LogP contribution in [-0.2, 0) is 12.8 Å². The maximum Gasteiger partial charge on any atom is 0.266 e. The Bertz CT molecular complexity index is 690. The highest BCUT2D eigenvalue weighted by molar-refractivity contribution is 7.21. The Morgan fingerprint density at radius 2 is 2.20 bits per heavy atom. The lowest BCUT2D eigenvalue weighted by atomic mass is 10.1. The fourth-order valence-corrected chi connectivity index (χ4v) is 3.63. The molecule has 20 heavy (non-hydrogen) atoms. The highest BCUT2D eigenvalue weighted by Gasteiger charge is 2.23. The van der Waals surface area contributed by atoms with E-state index in [1.807, 2.05) is 20.9 Å². The molecule has 1 amide bonds. The first kappa shape index (κ1) is 13.4. The average molecular weight is 289 g/mol. The molecule has 0 unspecified atom stereocenters. The van der Waals surface area contributed by atoms with Gasteiger partial charge in [0.15, 0.2) is 0 Å². The minimum Gasteiger partial charge on any atom is -0.397 e. The van der Waals surface area contributed by atoms with Gasteiger partial charge in [0.05, 0.1) is 5.69 Å². The number of pyridine rings is 1. The lowest BCUT2D eigenvalue weighted by Crippen LogP contribution is -2.32. The van der Waals surface area contributed by atoms with E-state index in [2.05, 4.69) is 6.07 Å². The average Bonchev–Trinajstić information content (AvgIpc) is 2.99. The van der Waals surface area contributed by atoms with Gasteiger partial charge in [-0.1, -0.05) is 0 Å². The van der Waals surface area contributed by atoms with E-state index in [0.717, 1.165) is 23.1 Å². The monoisotopic (exact) mass is 289 g/mol. The van der Waals surface area contributed by atoms with E-state index in [9.17, 15) is 4.79 Å². The van der Waals surface area contributed by atoms with Gasteiger partial charge in [-0.2, -0.15) is 0 Å². The van der Waals surface area contributed by atoms with Crippen molar-refractivity contribution in [3.8, 4) is 0 Å². The minimum absolute atomic E-state index is 0.0133. The van der Waals surface area contributed by atoms with Gasteiger partial charge in [-0.05, 0) is 44.7 Å². The number of hydrogen-bond acceptors (Lipinski definition) is 4. The summed E-state index contributed by atoms with van der Waals surface area (Å²) in [6.07, 6.45) is 3.28. The zero-order valence-corrected chi connectivity index (χ0v) is 12.9. The molecule has 0 saturated heterocycles. The SMILES string of the molecule is CC(C)N(C)C(=O)c1sc2nc3c(cc2c1N)CCC3. The van der Waals surface area contributed by atoms with Crippen LogP contribution in [-0.4, -0.2) is 28.9 Å². The van der Waals surface area contributed by atoms with Crippen LogP contribution in [0.4, 0.5) is 5.69 Å². The number of nitrogen functional groups attached to an aromatic ring is 1. The molecule has 4 nitrogen and oxygen atoms in total. The topological polar surface area (TPSA) is 59.2 Å². The highest BCUT2D eigenvalue weighted by atomic mass is 32.1. The smallest absolute Gasteiger partial charge is 0.266 e. The van der Waals surface area contributed by atoms with Crippen LogP contribution >= 0.6 is 11.3 Å². The number of carbonyl (C=O) groups is 1. The van der Waals surface area contributed by atoms with E-state index in [1.54, 1.807) is 4.90 Å². The van der Waals surface area contributed by atoms with Crippen molar-refractivity contribution < 1.29 is 4.79 Å². The van der Waals surface area contributed by atoms with E-state index in [0.29, 0.717) is 10.6 Å². The molecular weight excluding hydrogens is 270 g/mol. The summed E-state index contributed by atoms with van der Waals surface area (Å²) in [7, 11) is 1.81. The quantitative estimate of drug-likeness (QED) is 0.925. The first-order valence-corrected chi connectivity index (χ1v) is 7.78. The Kier molecular flexibility index (Phi) is 3.17. The number of anilines is 1. The number of aromatic nitrogens is 1. The minimum atomic E-state index is -0.0133. The normalized spacial score (nSPS) is 14.0. The van der Waals surface area contributed by atoms with Gasteiger partial charge in [0, 0.05) is 24.2 Å². The van der Waals surface area contributed by atoms with Crippen LogP contribution in [0.25, 0.3) is 10.2 Å². The summed E-state index contributed by atoms with van der Waals surface area (Å²) >= 11 is 1.42. The molecule has 0 bridgehead atoms. The maximum atomic E-state index is 12.5. The third kappa shape index (κ3) is 1.97. The second kappa shape index (κ2) is 4.74. The van der Waals surface area contributed by atoms with Crippen molar-refractivity contribution in [2.45, 2.75) is 39.2 Å². The van der Waals surface area contributed by atoms with Crippen molar-refractivity contribution in [1.29, 1.82) is 0 Å². The van der Waals surface area contributed by atoms with E-state index in [-0.39, 0.29) is 11.9 Å². The molecule has 0 fully saturated rings. The molecule has 2 N–H and O–H groups in total. The number of nitrogens with two attached hydrogens (primary N) is 1. The molecule has 0 radical (unpaired) electrons. The number of fused-ring (bicyclic) bond motifs is 2. The Labute approximate surface area is 122 Å². The zero-order chi connectivity index (χ0) is 14.4. The summed E-state index contributed by atoms with van der Waals surface area (Å²) in [6, 6.07) is 2.29. The Morgan fingerprint density at radius 3 is 2.90 bits per heavy atom. The maximum absolute atomic E-state index is 12.5. The summed E-state index contributed by atoms with van der Waals surface area (Å²) < 4.78 is 0. The third-order valence-corrected chi connectivity index (χ3v) is 5.14. The van der Waals surface area contributed by atoms with Crippen molar-refractivity contribution in [3.63, 3.8) is 0 Å². The summed E-state index contributed by atoms with van der Waals surface area (Å²) in [6.45, 7) is 3.99. The van der Waals surface area contributed by atoms with E-state index >= 15 is 0 Å². The lowest BCUT2D eigenvalue weighted by molar-refractivity contribution is 0.0761. The fourth-order valence-electron chi connectivity index (χ4n) is 2.55. The molecule has 1 aliphatic rings. The molecule has 3 rings (SSSR count). The number of hydrogen-bond donors (Lipinski definition) is 1. The second-order valence-electron chi connectivity index (χ2n) is 5.66. The van der Waals surface area contributed by atoms with Crippen molar-refractivity contribution in [1.82, 2.24) is 9.88 Å². The molecule has 0 atom stereocenters. The molecule has 2 heterocycles. The Morgan fingerprint density at radius 1 is 1.45 bits per heavy atom. The van der Waals surface area contributed by atoms with Crippen molar-refractivity contribution in [2.24, 2.45) is 0 Å². The van der Waals surface area contributed by atoms with Gasteiger partial charge >= 0.3 is 0 Å². The van der Waals surface area contributed by atoms with Gasteiger partial charge < -0.3 is 10.6 Å². The molecule has 106 valence electrons. The summed E-state index contributed by atoms with van der Waals surface area (Å²) in [4.78, 5) is 20.4. The molecule has 0 spiro atoms. The number of thiophene rings is 1. The first-order valence-electron chi connectivity index (χ1n) is 6.97. The molecule has 2 aromatic heterocycles. The van der Waals surface area contributed by atoms with Gasteiger partial charge in [0.25, 0.3) is 5.91 Å². The lowest BCUT2D eigenvalue weighted by Gasteiger charge is -2.20. The largest absolute Gasteiger partial charge is 0.397 e. The molecule has 5 heteroatoms. The third-order valence-electron chi connectivity index (χ3n) is 4.04. The predicted octanol–water partition coefficient (Wildman–Crippen LogP) is 2.85. The van der Waals surface area contributed by atoms with Crippen LogP contribution < -0.4 is 5.73 Å². The summed E-state index contributed by atoms with van der Waals surface area (Å²) in [5, 5.41) is 0.941. The van der Waals surface area contributed by atoms with E-state index < -0.39 is 0 Å². The second-order valence-corrected chi connectivity index (χ2v) is 6.65. The zero-order valence-electron chi connectivity index (χ0n) is 12.1. The standard InChI is InChI=1S/C15H19N3OS/c1-8(2)18(3)15(19)13-12(16)10-7-9-5-4-6-11(9)17-14(10)20-13/h7-8H,4-6,16H2,1-3H3. The molecule has 1 aliphatic carbocycles. The fraction of sp³-hybridized carbons (Fsp3) is 0.467. The number of amides is 1. The van der Waals surface area contributed by atoms with Crippen LogP contribution in [0.15, 0.2) is 6.07 Å². The number of nitrogens with zero attached hydrogens (tertiary/aromatic N) is 2. The number of carbonyl (C=O) groups excluding carboxylic acids is 1. The Hall–Kier alpha value is -1.62. The van der Waals surface area contributed by atoms with Crippen LogP contribution in [0.5, 0.6) is 0 Å². The highest BCUT2D eigenvalue weighted by Crippen LogP contribution is 2.36. The van der Waals surface area contributed by atoms with Gasteiger partial charge in [0.1, 0.15) is 9.71 Å². The summed E-state index contributed by atoms with van der Waals surface area (Å²) in [5.74, 6) is -0.0133. The molecule has 2 aromatic rings.